The molecule has 2 aromatic carbocycles. The van der Waals surface area contributed by atoms with Crippen LogP contribution in [0.5, 0.6) is 0 Å². The van der Waals surface area contributed by atoms with Crippen molar-refractivity contribution in [3.63, 3.8) is 0 Å². The van der Waals surface area contributed by atoms with Crippen LogP contribution in [0.15, 0.2) is 54.4 Å². The predicted octanol–water partition coefficient (Wildman–Crippen LogP) is 5.73. The number of nitriles is 1. The number of rotatable bonds is 5. The number of allylic oxidation sites excluding steroid dienone is 1. The summed E-state index contributed by atoms with van der Waals surface area (Å²) >= 11 is 0. The van der Waals surface area contributed by atoms with Crippen molar-refractivity contribution in [3.05, 3.63) is 65.5 Å². The van der Waals surface area contributed by atoms with Gasteiger partial charge in [-0.3, -0.25) is 0 Å². The lowest BCUT2D eigenvalue weighted by Crippen LogP contribution is -1.81. The zero-order chi connectivity index (χ0) is 15.1. The molecule has 2 heteroatoms. The van der Waals surface area contributed by atoms with E-state index in [-0.39, 0.29) is 5.83 Å². The third-order valence-electron chi connectivity index (χ3n) is 3.35. The Bertz CT molecular complexity index is 645. The van der Waals surface area contributed by atoms with Crippen LogP contribution >= 0.6 is 0 Å². The number of hydrogen-bond acceptors (Lipinski definition) is 1. The topological polar surface area (TPSA) is 23.8 Å². The molecule has 0 aliphatic rings. The molecule has 0 aliphatic heterocycles. The lowest BCUT2D eigenvalue weighted by atomic mass is 10.0. The van der Waals surface area contributed by atoms with Gasteiger partial charge in [0, 0.05) is 0 Å². The van der Waals surface area contributed by atoms with Crippen LogP contribution < -0.4 is 0 Å². The quantitative estimate of drug-likeness (QED) is 0.686. The van der Waals surface area contributed by atoms with Crippen LogP contribution in [0.1, 0.15) is 37.3 Å². The maximum absolute atomic E-state index is 13.6. The first-order chi connectivity index (χ1) is 10.2. The van der Waals surface area contributed by atoms with Gasteiger partial charge in [-0.2, -0.15) is 5.26 Å². The van der Waals surface area contributed by atoms with E-state index in [2.05, 4.69) is 13.0 Å². The first-order valence-electron chi connectivity index (χ1n) is 7.19. The van der Waals surface area contributed by atoms with Gasteiger partial charge in [-0.25, -0.2) is 4.39 Å². The molecule has 0 bridgehead atoms. The summed E-state index contributed by atoms with van der Waals surface area (Å²) in [4.78, 5) is 0. The molecule has 0 unspecified atom stereocenters. The maximum atomic E-state index is 13.6. The maximum Gasteiger partial charge on any atom is 0.101 e. The highest BCUT2D eigenvalue weighted by Gasteiger charge is 1.99. The summed E-state index contributed by atoms with van der Waals surface area (Å²) in [6, 6.07) is 17.3. The summed E-state index contributed by atoms with van der Waals surface area (Å²) in [7, 11) is 0. The van der Waals surface area contributed by atoms with Crippen molar-refractivity contribution in [2.45, 2.75) is 26.2 Å². The number of hydrogen-bond donors (Lipinski definition) is 0. The van der Waals surface area contributed by atoms with E-state index < -0.39 is 0 Å². The van der Waals surface area contributed by atoms with Crippen molar-refractivity contribution in [2.75, 3.05) is 0 Å². The van der Waals surface area contributed by atoms with Gasteiger partial charge in [0.1, 0.15) is 5.83 Å². The SMILES string of the molecule is CCCC/C(F)=C\c1ccc(-c2ccc(C#N)cc2)cc1. The van der Waals surface area contributed by atoms with E-state index in [4.69, 9.17) is 5.26 Å². The second-order valence-electron chi connectivity index (χ2n) is 5.01. The lowest BCUT2D eigenvalue weighted by molar-refractivity contribution is 0.577. The fourth-order valence-electron chi connectivity index (χ4n) is 2.11. The summed E-state index contributed by atoms with van der Waals surface area (Å²) in [5, 5.41) is 8.79. The molecule has 0 amide bonds. The third-order valence-corrected chi connectivity index (χ3v) is 3.35. The molecular weight excluding hydrogens is 261 g/mol. The third kappa shape index (κ3) is 4.29. The number of benzene rings is 2. The Balaban J connectivity index is 2.13. The van der Waals surface area contributed by atoms with E-state index in [1.54, 1.807) is 18.2 Å². The Morgan fingerprint density at radius 1 is 1.05 bits per heavy atom. The smallest absolute Gasteiger partial charge is 0.101 e. The van der Waals surface area contributed by atoms with Gasteiger partial charge in [0.15, 0.2) is 0 Å². The number of nitrogens with zero attached hydrogens (tertiary/aromatic N) is 1. The summed E-state index contributed by atoms with van der Waals surface area (Å²) in [6.07, 6.45) is 3.98. The first-order valence-corrected chi connectivity index (χ1v) is 7.19. The largest absolute Gasteiger partial charge is 0.212 e. The molecule has 0 atom stereocenters. The molecule has 0 saturated heterocycles. The Kier molecular flexibility index (Phi) is 5.29. The van der Waals surface area contributed by atoms with Gasteiger partial charge in [-0.15, -0.1) is 0 Å². The summed E-state index contributed by atoms with van der Waals surface area (Å²) < 4.78 is 13.6. The summed E-state index contributed by atoms with van der Waals surface area (Å²) in [5.74, 6) is -0.0667. The minimum atomic E-state index is -0.0667. The molecule has 0 N–H and O–H groups in total. The molecule has 1 nitrogen and oxygen atoms in total. The van der Waals surface area contributed by atoms with Crippen LogP contribution in [0.4, 0.5) is 4.39 Å². The van der Waals surface area contributed by atoms with Crippen molar-refractivity contribution in [1.82, 2.24) is 0 Å². The molecule has 0 spiro atoms. The average molecular weight is 279 g/mol. The first kappa shape index (κ1) is 15.0. The zero-order valence-corrected chi connectivity index (χ0v) is 12.1. The van der Waals surface area contributed by atoms with E-state index in [9.17, 15) is 4.39 Å². The second kappa shape index (κ2) is 7.40. The van der Waals surface area contributed by atoms with Gasteiger partial charge < -0.3 is 0 Å². The number of unbranched alkanes of at least 4 members (excludes halogenated alkanes) is 1. The van der Waals surface area contributed by atoms with Crippen molar-refractivity contribution in [2.24, 2.45) is 0 Å². The summed E-state index contributed by atoms with van der Waals surface area (Å²) in [5.41, 5.74) is 3.64. The molecule has 0 aliphatic carbocycles. The Labute approximate surface area is 125 Å². The van der Waals surface area contributed by atoms with Gasteiger partial charge in [-0.05, 0) is 47.7 Å². The molecule has 0 heterocycles. The minimum Gasteiger partial charge on any atom is -0.212 e. The van der Waals surface area contributed by atoms with Crippen LogP contribution in [0.3, 0.4) is 0 Å². The molecular formula is C19H18FN. The summed E-state index contributed by atoms with van der Waals surface area (Å²) in [6.45, 7) is 2.06. The van der Waals surface area contributed by atoms with Crippen LogP contribution in [-0.4, -0.2) is 0 Å². The van der Waals surface area contributed by atoms with E-state index in [1.165, 1.54) is 0 Å². The normalized spacial score (nSPS) is 11.2. The van der Waals surface area contributed by atoms with Gasteiger partial charge in [0.25, 0.3) is 0 Å². The van der Waals surface area contributed by atoms with Gasteiger partial charge in [0.2, 0.25) is 0 Å². The van der Waals surface area contributed by atoms with Gasteiger partial charge in [-0.1, -0.05) is 49.7 Å². The highest BCUT2D eigenvalue weighted by atomic mass is 19.1. The van der Waals surface area contributed by atoms with Crippen LogP contribution in [0.2, 0.25) is 0 Å². The van der Waals surface area contributed by atoms with Crippen molar-refractivity contribution in [3.8, 4) is 17.2 Å². The molecule has 0 saturated carbocycles. The van der Waals surface area contributed by atoms with Crippen LogP contribution in [0.25, 0.3) is 17.2 Å². The van der Waals surface area contributed by atoms with E-state index in [0.717, 1.165) is 29.5 Å². The Morgan fingerprint density at radius 2 is 1.62 bits per heavy atom. The lowest BCUT2D eigenvalue weighted by Gasteiger charge is -2.03. The molecule has 0 radical (unpaired) electrons. The highest BCUT2D eigenvalue weighted by Crippen LogP contribution is 2.22. The number of halogens is 1. The Morgan fingerprint density at radius 3 is 2.14 bits per heavy atom. The standard InChI is InChI=1S/C19H18FN/c1-2-3-4-19(20)13-15-5-9-17(10-6-15)18-11-7-16(14-21)8-12-18/h5-13H,2-4H2,1H3/b19-13+. The Hall–Kier alpha value is -2.40. The monoisotopic (exact) mass is 279 g/mol. The van der Waals surface area contributed by atoms with Crippen LogP contribution in [-0.2, 0) is 0 Å². The molecule has 0 fully saturated rings. The molecule has 0 aromatic heterocycles. The van der Waals surface area contributed by atoms with Gasteiger partial charge in [0.05, 0.1) is 11.6 Å². The van der Waals surface area contributed by atoms with Gasteiger partial charge >= 0.3 is 0 Å². The zero-order valence-electron chi connectivity index (χ0n) is 12.1. The van der Waals surface area contributed by atoms with E-state index in [0.29, 0.717) is 12.0 Å². The second-order valence-corrected chi connectivity index (χ2v) is 5.01. The molecule has 21 heavy (non-hydrogen) atoms. The minimum absolute atomic E-state index is 0.0667. The van der Waals surface area contributed by atoms with Crippen molar-refractivity contribution in [1.29, 1.82) is 5.26 Å². The molecule has 106 valence electrons. The molecule has 2 aromatic rings. The van der Waals surface area contributed by atoms with Crippen molar-refractivity contribution >= 4 is 6.08 Å². The fraction of sp³-hybridized carbons (Fsp3) is 0.211. The van der Waals surface area contributed by atoms with E-state index in [1.807, 2.05) is 36.4 Å². The predicted molar refractivity (Wildman–Crippen MR) is 85.2 cm³/mol. The van der Waals surface area contributed by atoms with Crippen LogP contribution in [0, 0.1) is 11.3 Å². The highest BCUT2D eigenvalue weighted by molar-refractivity contribution is 5.66. The van der Waals surface area contributed by atoms with Crippen molar-refractivity contribution < 1.29 is 4.39 Å². The van der Waals surface area contributed by atoms with E-state index >= 15 is 0 Å². The molecule has 2 rings (SSSR count). The fourth-order valence-corrected chi connectivity index (χ4v) is 2.11. The average Bonchev–Trinajstić information content (AvgIpc) is 2.54.